The number of rotatable bonds is 5. The first-order valence-electron chi connectivity index (χ1n) is 6.83. The molecule has 3 N–H and O–H groups in total. The Hall–Kier alpha value is -2.04. The van der Waals surface area contributed by atoms with Crippen LogP contribution >= 0.6 is 0 Å². The van der Waals surface area contributed by atoms with Crippen LogP contribution in [0.25, 0.3) is 0 Å². The van der Waals surface area contributed by atoms with E-state index in [0.717, 1.165) is 0 Å². The minimum atomic E-state index is -1.84. The molecule has 0 spiro atoms. The average Bonchev–Trinajstić information content (AvgIpc) is 2.35. The number of hydrogen-bond acceptors (Lipinski definition) is 3. The fraction of sp³-hybridized carbons (Fsp3) is 0.500. The van der Waals surface area contributed by atoms with E-state index >= 15 is 0 Å². The first-order chi connectivity index (χ1) is 9.54. The SMILES string of the molecule is CCC(Cc1ccc(O)c(C(C)(C)C)c1)(C(=O)O)C(=O)O. The van der Waals surface area contributed by atoms with Gasteiger partial charge in [-0.2, -0.15) is 0 Å². The third kappa shape index (κ3) is 3.35. The zero-order valence-electron chi connectivity index (χ0n) is 12.8. The van der Waals surface area contributed by atoms with Crippen molar-refractivity contribution in [3.63, 3.8) is 0 Å². The second-order valence-electron chi connectivity index (χ2n) is 6.32. The van der Waals surface area contributed by atoms with Gasteiger partial charge in [-0.05, 0) is 35.4 Å². The molecule has 5 nitrogen and oxygen atoms in total. The summed E-state index contributed by atoms with van der Waals surface area (Å²) in [6.07, 6.45) is -0.124. The third-order valence-corrected chi connectivity index (χ3v) is 3.80. The molecule has 5 heteroatoms. The first kappa shape index (κ1) is 17.0. The normalized spacial score (nSPS) is 12.2. The highest BCUT2D eigenvalue weighted by atomic mass is 16.4. The number of carboxylic acid groups (broad SMARTS) is 2. The lowest BCUT2D eigenvalue weighted by Gasteiger charge is -2.25. The molecule has 0 saturated heterocycles. The van der Waals surface area contributed by atoms with Gasteiger partial charge in [-0.15, -0.1) is 0 Å². The lowest BCUT2D eigenvalue weighted by molar-refractivity contribution is -0.164. The van der Waals surface area contributed by atoms with Gasteiger partial charge in [0, 0.05) is 0 Å². The Balaban J connectivity index is 3.29. The molecule has 0 atom stereocenters. The number of carboxylic acids is 2. The molecule has 0 aromatic heterocycles. The Morgan fingerprint density at radius 3 is 2.00 bits per heavy atom. The summed E-state index contributed by atoms with van der Waals surface area (Å²) in [4.78, 5) is 22.8. The van der Waals surface area contributed by atoms with E-state index in [9.17, 15) is 24.9 Å². The van der Waals surface area contributed by atoms with E-state index in [1.807, 2.05) is 20.8 Å². The van der Waals surface area contributed by atoms with Crippen molar-refractivity contribution in [3.8, 4) is 5.75 Å². The van der Waals surface area contributed by atoms with E-state index in [0.29, 0.717) is 11.1 Å². The van der Waals surface area contributed by atoms with Crippen LogP contribution in [0.1, 0.15) is 45.2 Å². The number of aliphatic carboxylic acids is 2. The molecular weight excluding hydrogens is 272 g/mol. The minimum Gasteiger partial charge on any atom is -0.508 e. The van der Waals surface area contributed by atoms with Crippen molar-refractivity contribution in [3.05, 3.63) is 29.3 Å². The molecule has 116 valence electrons. The van der Waals surface area contributed by atoms with E-state index in [1.165, 1.54) is 6.07 Å². The zero-order valence-corrected chi connectivity index (χ0v) is 12.8. The smallest absolute Gasteiger partial charge is 0.321 e. The molecule has 0 amide bonds. The van der Waals surface area contributed by atoms with Crippen LogP contribution < -0.4 is 0 Å². The van der Waals surface area contributed by atoms with E-state index in [1.54, 1.807) is 19.1 Å². The summed E-state index contributed by atoms with van der Waals surface area (Å²) in [6.45, 7) is 7.32. The molecule has 0 aliphatic heterocycles. The molecule has 21 heavy (non-hydrogen) atoms. The van der Waals surface area contributed by atoms with Crippen LogP contribution in [-0.2, 0) is 21.4 Å². The van der Waals surface area contributed by atoms with E-state index < -0.39 is 17.4 Å². The summed E-state index contributed by atoms with van der Waals surface area (Å²) in [5, 5.41) is 28.5. The van der Waals surface area contributed by atoms with Crippen molar-refractivity contribution >= 4 is 11.9 Å². The number of hydrogen-bond donors (Lipinski definition) is 3. The van der Waals surface area contributed by atoms with Crippen molar-refractivity contribution in [2.24, 2.45) is 5.41 Å². The van der Waals surface area contributed by atoms with Crippen LogP contribution in [0.3, 0.4) is 0 Å². The summed E-state index contributed by atoms with van der Waals surface area (Å²) < 4.78 is 0. The Labute approximate surface area is 124 Å². The van der Waals surface area contributed by atoms with Crippen LogP contribution in [0.15, 0.2) is 18.2 Å². The summed E-state index contributed by atoms with van der Waals surface area (Å²) in [6, 6.07) is 4.74. The molecule has 0 saturated carbocycles. The van der Waals surface area contributed by atoms with Crippen LogP contribution in [0, 0.1) is 5.41 Å². The van der Waals surface area contributed by atoms with Gasteiger partial charge in [-0.1, -0.05) is 39.8 Å². The second-order valence-corrected chi connectivity index (χ2v) is 6.32. The van der Waals surface area contributed by atoms with Crippen LogP contribution in [0.5, 0.6) is 5.75 Å². The van der Waals surface area contributed by atoms with Crippen molar-refractivity contribution in [2.75, 3.05) is 0 Å². The second kappa shape index (κ2) is 5.76. The largest absolute Gasteiger partial charge is 0.508 e. The van der Waals surface area contributed by atoms with Gasteiger partial charge in [0.15, 0.2) is 5.41 Å². The van der Waals surface area contributed by atoms with Crippen molar-refractivity contribution < 1.29 is 24.9 Å². The predicted octanol–water partition coefficient (Wildman–Crippen LogP) is 2.80. The lowest BCUT2D eigenvalue weighted by atomic mass is 9.77. The van der Waals surface area contributed by atoms with Crippen LogP contribution in [0.4, 0.5) is 0 Å². The van der Waals surface area contributed by atoms with Crippen molar-refractivity contribution in [2.45, 2.75) is 46.0 Å². The van der Waals surface area contributed by atoms with Gasteiger partial charge < -0.3 is 15.3 Å². The quantitative estimate of drug-likeness (QED) is 0.726. The van der Waals surface area contributed by atoms with Gasteiger partial charge in [0.25, 0.3) is 0 Å². The molecule has 0 radical (unpaired) electrons. The van der Waals surface area contributed by atoms with Gasteiger partial charge in [-0.25, -0.2) is 0 Å². The highest BCUT2D eigenvalue weighted by Gasteiger charge is 2.45. The maximum atomic E-state index is 11.4. The van der Waals surface area contributed by atoms with Crippen molar-refractivity contribution in [1.29, 1.82) is 0 Å². The highest BCUT2D eigenvalue weighted by Crippen LogP contribution is 2.34. The maximum absolute atomic E-state index is 11.4. The van der Waals surface area contributed by atoms with Gasteiger partial charge in [0.1, 0.15) is 5.75 Å². The molecule has 0 heterocycles. The molecule has 0 unspecified atom stereocenters. The first-order valence-corrected chi connectivity index (χ1v) is 6.83. The summed E-state index contributed by atoms with van der Waals surface area (Å²) in [7, 11) is 0. The summed E-state index contributed by atoms with van der Waals surface area (Å²) in [5.41, 5.74) is -0.904. The Bertz CT molecular complexity index is 540. The minimum absolute atomic E-state index is 0.0105. The Morgan fingerprint density at radius 1 is 1.10 bits per heavy atom. The number of phenols is 1. The van der Waals surface area contributed by atoms with E-state index in [-0.39, 0.29) is 24.0 Å². The average molecular weight is 294 g/mol. The molecule has 1 aromatic rings. The molecule has 0 aliphatic carbocycles. The monoisotopic (exact) mass is 294 g/mol. The fourth-order valence-corrected chi connectivity index (χ4v) is 2.31. The van der Waals surface area contributed by atoms with E-state index in [2.05, 4.69) is 0 Å². The van der Waals surface area contributed by atoms with Crippen LogP contribution in [-0.4, -0.2) is 27.3 Å². The van der Waals surface area contributed by atoms with Gasteiger partial charge in [0.05, 0.1) is 0 Å². The van der Waals surface area contributed by atoms with Crippen molar-refractivity contribution in [1.82, 2.24) is 0 Å². The van der Waals surface area contributed by atoms with E-state index in [4.69, 9.17) is 0 Å². The molecule has 0 fully saturated rings. The number of carbonyl (C=O) groups is 2. The summed E-state index contributed by atoms with van der Waals surface area (Å²) in [5.74, 6) is -2.57. The highest BCUT2D eigenvalue weighted by molar-refractivity contribution is 5.98. The zero-order chi connectivity index (χ0) is 16.4. The lowest BCUT2D eigenvalue weighted by Crippen LogP contribution is -2.40. The molecule has 0 aliphatic rings. The molecule has 0 bridgehead atoms. The Kier molecular flexibility index (Phi) is 4.66. The predicted molar refractivity (Wildman–Crippen MR) is 78.5 cm³/mol. The fourth-order valence-electron chi connectivity index (χ4n) is 2.31. The van der Waals surface area contributed by atoms with Gasteiger partial charge in [-0.3, -0.25) is 9.59 Å². The van der Waals surface area contributed by atoms with Gasteiger partial charge in [0.2, 0.25) is 0 Å². The molecule has 1 rings (SSSR count). The number of aromatic hydroxyl groups is 1. The number of benzene rings is 1. The number of phenolic OH excluding ortho intramolecular Hbond substituents is 1. The maximum Gasteiger partial charge on any atom is 0.321 e. The van der Waals surface area contributed by atoms with Gasteiger partial charge >= 0.3 is 11.9 Å². The summed E-state index contributed by atoms with van der Waals surface area (Å²) >= 11 is 0. The third-order valence-electron chi connectivity index (χ3n) is 3.80. The molecule has 1 aromatic carbocycles. The Morgan fingerprint density at radius 2 is 1.62 bits per heavy atom. The van der Waals surface area contributed by atoms with Crippen LogP contribution in [0.2, 0.25) is 0 Å². The molecular formula is C16H22O5. The standard InChI is InChI=1S/C16H22O5/c1-5-16(13(18)19,14(20)21)9-10-6-7-12(17)11(8-10)15(2,3)4/h6-8,17H,5,9H2,1-4H3,(H,18,19)(H,20,21). The topological polar surface area (TPSA) is 94.8 Å².